The van der Waals surface area contributed by atoms with Crippen molar-refractivity contribution in [3.05, 3.63) is 23.9 Å². The molecule has 0 amide bonds. The quantitative estimate of drug-likeness (QED) is 0.780. The first kappa shape index (κ1) is 11.0. The molecule has 1 rings (SSSR count). The summed E-state index contributed by atoms with van der Waals surface area (Å²) in [4.78, 5) is 4.24. The number of rotatable bonds is 5. The van der Waals surface area contributed by atoms with Crippen LogP contribution in [-0.4, -0.2) is 24.7 Å². The molecule has 0 saturated carbocycles. The molecule has 1 aromatic heterocycles. The molecule has 0 bridgehead atoms. The number of nitrogens with one attached hydrogen (secondary N) is 1. The van der Waals surface area contributed by atoms with Gasteiger partial charge in [-0.3, -0.25) is 0 Å². The second-order valence-corrected chi connectivity index (χ2v) is 3.42. The van der Waals surface area contributed by atoms with Crippen LogP contribution in [0.15, 0.2) is 18.3 Å². The van der Waals surface area contributed by atoms with Gasteiger partial charge in [-0.15, -0.1) is 0 Å². The Labute approximate surface area is 85.5 Å². The lowest BCUT2D eigenvalue weighted by Crippen LogP contribution is -2.24. The van der Waals surface area contributed by atoms with Crippen molar-refractivity contribution in [1.82, 2.24) is 4.98 Å². The van der Waals surface area contributed by atoms with E-state index in [9.17, 15) is 0 Å². The summed E-state index contributed by atoms with van der Waals surface area (Å²) in [6, 6.07) is 4.37. The third-order valence-electron chi connectivity index (χ3n) is 2.13. The van der Waals surface area contributed by atoms with Crippen LogP contribution < -0.4 is 5.32 Å². The Hall–Kier alpha value is -1.09. The molecule has 1 heterocycles. The Balaban J connectivity index is 2.57. The summed E-state index contributed by atoms with van der Waals surface area (Å²) in [6.07, 6.45) is 2.85. The van der Waals surface area contributed by atoms with E-state index in [1.165, 1.54) is 5.56 Å². The summed E-state index contributed by atoms with van der Waals surface area (Å²) < 4.78 is 5.11. The van der Waals surface area contributed by atoms with Crippen molar-refractivity contribution in [2.45, 2.75) is 26.3 Å². The fourth-order valence-electron chi connectivity index (χ4n) is 1.29. The van der Waals surface area contributed by atoms with Gasteiger partial charge in [0.1, 0.15) is 5.82 Å². The SMILES string of the molecule is CCC(COC)Nc1cc(C)ccn1. The molecule has 0 aliphatic rings. The van der Waals surface area contributed by atoms with Gasteiger partial charge in [-0.05, 0) is 31.0 Å². The van der Waals surface area contributed by atoms with Crippen LogP contribution in [0.2, 0.25) is 0 Å². The van der Waals surface area contributed by atoms with E-state index >= 15 is 0 Å². The van der Waals surface area contributed by atoms with Gasteiger partial charge >= 0.3 is 0 Å². The number of nitrogens with zero attached hydrogens (tertiary/aromatic N) is 1. The highest BCUT2D eigenvalue weighted by molar-refractivity contribution is 5.37. The van der Waals surface area contributed by atoms with Gasteiger partial charge < -0.3 is 10.1 Å². The van der Waals surface area contributed by atoms with Crippen LogP contribution in [-0.2, 0) is 4.74 Å². The summed E-state index contributed by atoms with van der Waals surface area (Å²) in [5.41, 5.74) is 1.22. The number of methoxy groups -OCH3 is 1. The van der Waals surface area contributed by atoms with Crippen molar-refractivity contribution >= 4 is 5.82 Å². The van der Waals surface area contributed by atoms with E-state index in [1.807, 2.05) is 18.3 Å². The number of hydrogen-bond donors (Lipinski definition) is 1. The summed E-state index contributed by atoms with van der Waals surface area (Å²) in [6.45, 7) is 4.91. The molecule has 1 aromatic rings. The van der Waals surface area contributed by atoms with Gasteiger partial charge in [-0.1, -0.05) is 6.92 Å². The van der Waals surface area contributed by atoms with Crippen molar-refractivity contribution in [2.24, 2.45) is 0 Å². The van der Waals surface area contributed by atoms with Crippen molar-refractivity contribution in [1.29, 1.82) is 0 Å². The van der Waals surface area contributed by atoms with Gasteiger partial charge in [0, 0.05) is 13.3 Å². The van der Waals surface area contributed by atoms with Gasteiger partial charge in [-0.25, -0.2) is 4.98 Å². The highest BCUT2D eigenvalue weighted by Crippen LogP contribution is 2.08. The average Bonchev–Trinajstić information content (AvgIpc) is 2.17. The Morgan fingerprint density at radius 2 is 2.36 bits per heavy atom. The van der Waals surface area contributed by atoms with Gasteiger partial charge in [0.2, 0.25) is 0 Å². The molecule has 0 aliphatic carbocycles. The molecule has 0 aromatic carbocycles. The van der Waals surface area contributed by atoms with Gasteiger partial charge in [0.25, 0.3) is 0 Å². The first-order chi connectivity index (χ1) is 6.76. The molecule has 0 radical (unpaired) electrons. The second kappa shape index (κ2) is 5.60. The smallest absolute Gasteiger partial charge is 0.126 e. The summed E-state index contributed by atoms with van der Waals surface area (Å²) in [5, 5.41) is 3.33. The molecule has 3 nitrogen and oxygen atoms in total. The van der Waals surface area contributed by atoms with E-state index in [1.54, 1.807) is 7.11 Å². The van der Waals surface area contributed by atoms with Crippen molar-refractivity contribution < 1.29 is 4.74 Å². The molecular formula is C11H18N2O. The number of ether oxygens (including phenoxy) is 1. The number of aromatic nitrogens is 1. The highest BCUT2D eigenvalue weighted by atomic mass is 16.5. The first-order valence-electron chi connectivity index (χ1n) is 4.94. The van der Waals surface area contributed by atoms with Crippen LogP contribution in [0, 0.1) is 6.92 Å². The van der Waals surface area contributed by atoms with Gasteiger partial charge in [-0.2, -0.15) is 0 Å². The molecule has 1 N–H and O–H groups in total. The monoisotopic (exact) mass is 194 g/mol. The molecule has 1 unspecified atom stereocenters. The molecule has 0 saturated heterocycles. The maximum Gasteiger partial charge on any atom is 0.126 e. The normalized spacial score (nSPS) is 12.5. The van der Waals surface area contributed by atoms with E-state index in [2.05, 4.69) is 24.1 Å². The zero-order valence-electron chi connectivity index (χ0n) is 9.08. The highest BCUT2D eigenvalue weighted by Gasteiger charge is 2.05. The lowest BCUT2D eigenvalue weighted by Gasteiger charge is -2.16. The minimum atomic E-state index is 0.342. The predicted molar refractivity (Wildman–Crippen MR) is 58.6 cm³/mol. The van der Waals surface area contributed by atoms with Crippen molar-refractivity contribution in [3.63, 3.8) is 0 Å². The van der Waals surface area contributed by atoms with Crippen LogP contribution in [0.4, 0.5) is 5.82 Å². The Morgan fingerprint density at radius 3 is 2.93 bits per heavy atom. The molecule has 0 aliphatic heterocycles. The van der Waals surface area contributed by atoms with Crippen LogP contribution in [0.5, 0.6) is 0 Å². The minimum absolute atomic E-state index is 0.342. The van der Waals surface area contributed by atoms with Crippen LogP contribution in [0.1, 0.15) is 18.9 Å². The zero-order valence-corrected chi connectivity index (χ0v) is 9.08. The number of aryl methyl sites for hydroxylation is 1. The van der Waals surface area contributed by atoms with Crippen LogP contribution in [0.25, 0.3) is 0 Å². The fourth-order valence-corrected chi connectivity index (χ4v) is 1.29. The number of anilines is 1. The number of pyridine rings is 1. The molecule has 3 heteroatoms. The largest absolute Gasteiger partial charge is 0.383 e. The maximum absolute atomic E-state index is 5.11. The molecular weight excluding hydrogens is 176 g/mol. The average molecular weight is 194 g/mol. The standard InChI is InChI=1S/C11H18N2O/c1-4-10(8-14-3)13-11-7-9(2)5-6-12-11/h5-7,10H,4,8H2,1-3H3,(H,12,13). The molecule has 78 valence electrons. The summed E-state index contributed by atoms with van der Waals surface area (Å²) in [7, 11) is 1.72. The van der Waals surface area contributed by atoms with E-state index in [4.69, 9.17) is 4.74 Å². The lowest BCUT2D eigenvalue weighted by molar-refractivity contribution is 0.184. The minimum Gasteiger partial charge on any atom is -0.383 e. The van der Waals surface area contributed by atoms with E-state index in [0.29, 0.717) is 12.6 Å². The van der Waals surface area contributed by atoms with Gasteiger partial charge in [0.15, 0.2) is 0 Å². The van der Waals surface area contributed by atoms with Crippen molar-refractivity contribution in [3.8, 4) is 0 Å². The van der Waals surface area contributed by atoms with Crippen LogP contribution in [0.3, 0.4) is 0 Å². The fraction of sp³-hybridized carbons (Fsp3) is 0.545. The van der Waals surface area contributed by atoms with E-state index < -0.39 is 0 Å². The van der Waals surface area contributed by atoms with E-state index in [0.717, 1.165) is 12.2 Å². The maximum atomic E-state index is 5.11. The molecule has 14 heavy (non-hydrogen) atoms. The molecule has 0 spiro atoms. The second-order valence-electron chi connectivity index (χ2n) is 3.42. The van der Waals surface area contributed by atoms with Crippen LogP contribution >= 0.6 is 0 Å². The Kier molecular flexibility index (Phi) is 4.40. The molecule has 1 atom stereocenters. The molecule has 0 fully saturated rings. The Bertz CT molecular complexity index is 276. The van der Waals surface area contributed by atoms with Gasteiger partial charge in [0.05, 0.1) is 12.6 Å². The lowest BCUT2D eigenvalue weighted by atomic mass is 10.2. The third kappa shape index (κ3) is 3.34. The van der Waals surface area contributed by atoms with E-state index in [-0.39, 0.29) is 0 Å². The Morgan fingerprint density at radius 1 is 1.57 bits per heavy atom. The van der Waals surface area contributed by atoms with Crippen molar-refractivity contribution in [2.75, 3.05) is 19.0 Å². The summed E-state index contributed by atoms with van der Waals surface area (Å²) in [5.74, 6) is 0.925. The third-order valence-corrected chi connectivity index (χ3v) is 2.13. The summed E-state index contributed by atoms with van der Waals surface area (Å²) >= 11 is 0. The zero-order chi connectivity index (χ0) is 10.4. The number of hydrogen-bond acceptors (Lipinski definition) is 3. The predicted octanol–water partition coefficient (Wildman–Crippen LogP) is 2.23. The first-order valence-corrected chi connectivity index (χ1v) is 4.94. The topological polar surface area (TPSA) is 34.1 Å².